The Morgan fingerprint density at radius 1 is 1.04 bits per heavy atom. The van der Waals surface area contributed by atoms with E-state index in [0.717, 1.165) is 21.7 Å². The number of ether oxygens (including phenoxy) is 2. The number of hydrogen-bond donors (Lipinski definition) is 1. The minimum absolute atomic E-state index is 0.182. The molecule has 3 aromatic rings. The van der Waals surface area contributed by atoms with Gasteiger partial charge in [0.15, 0.2) is 0 Å². The number of thiophene rings is 1. The van der Waals surface area contributed by atoms with E-state index in [2.05, 4.69) is 5.32 Å². The van der Waals surface area contributed by atoms with Crippen molar-refractivity contribution in [2.45, 2.75) is 6.61 Å². The highest BCUT2D eigenvalue weighted by Crippen LogP contribution is 2.36. The maximum absolute atomic E-state index is 12.7. The van der Waals surface area contributed by atoms with Crippen molar-refractivity contribution in [2.24, 2.45) is 0 Å². The molecule has 4 nitrogen and oxygen atoms in total. The van der Waals surface area contributed by atoms with E-state index in [-0.39, 0.29) is 5.91 Å². The molecule has 0 atom stereocenters. The molecule has 1 aromatic heterocycles. The Balaban J connectivity index is 1.84. The van der Waals surface area contributed by atoms with Crippen molar-refractivity contribution >= 4 is 22.9 Å². The van der Waals surface area contributed by atoms with Gasteiger partial charge in [-0.05, 0) is 29.3 Å². The van der Waals surface area contributed by atoms with Crippen molar-refractivity contribution < 1.29 is 14.3 Å². The SMILES string of the molecule is COCc1cccc(NC(=O)c2sc(-c3ccccc3)cc2OC)c1. The van der Waals surface area contributed by atoms with Gasteiger partial charge in [0.25, 0.3) is 5.91 Å². The average molecular weight is 353 g/mol. The van der Waals surface area contributed by atoms with Gasteiger partial charge in [-0.3, -0.25) is 4.79 Å². The Morgan fingerprint density at radius 2 is 1.84 bits per heavy atom. The Hall–Kier alpha value is -2.63. The van der Waals surface area contributed by atoms with Gasteiger partial charge in [-0.2, -0.15) is 0 Å². The number of benzene rings is 2. The largest absolute Gasteiger partial charge is 0.495 e. The Bertz CT molecular complexity index is 858. The highest BCUT2D eigenvalue weighted by atomic mass is 32.1. The zero-order chi connectivity index (χ0) is 17.6. The topological polar surface area (TPSA) is 47.6 Å². The lowest BCUT2D eigenvalue weighted by atomic mass is 10.2. The van der Waals surface area contributed by atoms with Gasteiger partial charge >= 0.3 is 0 Å². The number of methoxy groups -OCH3 is 2. The number of amides is 1. The summed E-state index contributed by atoms with van der Waals surface area (Å²) in [4.78, 5) is 14.2. The van der Waals surface area contributed by atoms with Crippen LogP contribution in [0, 0.1) is 0 Å². The van der Waals surface area contributed by atoms with E-state index in [0.29, 0.717) is 17.2 Å². The molecule has 3 rings (SSSR count). The molecule has 0 fully saturated rings. The monoisotopic (exact) mass is 353 g/mol. The van der Waals surface area contributed by atoms with Crippen LogP contribution in [0.25, 0.3) is 10.4 Å². The summed E-state index contributed by atoms with van der Waals surface area (Å²) >= 11 is 1.42. The highest BCUT2D eigenvalue weighted by Gasteiger charge is 2.18. The van der Waals surface area contributed by atoms with Crippen LogP contribution < -0.4 is 10.1 Å². The van der Waals surface area contributed by atoms with Gasteiger partial charge in [-0.25, -0.2) is 0 Å². The predicted octanol–water partition coefficient (Wildman–Crippen LogP) is 4.82. The number of hydrogen-bond acceptors (Lipinski definition) is 4. The molecule has 25 heavy (non-hydrogen) atoms. The molecular weight excluding hydrogens is 334 g/mol. The summed E-state index contributed by atoms with van der Waals surface area (Å²) in [6.07, 6.45) is 0. The van der Waals surface area contributed by atoms with Crippen LogP contribution in [0.1, 0.15) is 15.2 Å². The first-order chi connectivity index (χ1) is 12.2. The molecule has 0 aliphatic carbocycles. The first-order valence-electron chi connectivity index (χ1n) is 7.83. The quantitative estimate of drug-likeness (QED) is 0.691. The molecule has 0 spiro atoms. The average Bonchev–Trinajstić information content (AvgIpc) is 3.08. The number of carbonyl (C=O) groups is 1. The fourth-order valence-electron chi connectivity index (χ4n) is 2.52. The second-order valence-corrected chi connectivity index (χ2v) is 6.51. The Labute approximate surface area is 151 Å². The van der Waals surface area contributed by atoms with E-state index >= 15 is 0 Å². The van der Waals surface area contributed by atoms with Gasteiger partial charge < -0.3 is 14.8 Å². The number of anilines is 1. The van der Waals surface area contributed by atoms with Crippen molar-refractivity contribution in [3.05, 3.63) is 71.1 Å². The molecule has 2 aromatic carbocycles. The molecule has 0 bridgehead atoms. The normalized spacial score (nSPS) is 10.5. The molecule has 0 radical (unpaired) electrons. The molecule has 1 amide bonds. The lowest BCUT2D eigenvalue weighted by Crippen LogP contribution is -2.11. The summed E-state index contributed by atoms with van der Waals surface area (Å²) in [6, 6.07) is 19.5. The van der Waals surface area contributed by atoms with E-state index < -0.39 is 0 Å². The van der Waals surface area contributed by atoms with E-state index in [1.165, 1.54) is 11.3 Å². The first-order valence-corrected chi connectivity index (χ1v) is 8.65. The zero-order valence-electron chi connectivity index (χ0n) is 14.1. The molecule has 128 valence electrons. The third-order valence-corrected chi connectivity index (χ3v) is 4.84. The smallest absolute Gasteiger partial charge is 0.269 e. The van der Waals surface area contributed by atoms with Crippen LogP contribution in [-0.4, -0.2) is 20.1 Å². The number of carbonyl (C=O) groups excluding carboxylic acids is 1. The molecule has 0 saturated heterocycles. The van der Waals surface area contributed by atoms with E-state index in [9.17, 15) is 4.79 Å². The Kier molecular flexibility index (Phi) is 5.48. The van der Waals surface area contributed by atoms with E-state index in [1.807, 2.05) is 60.7 Å². The fourth-order valence-corrected chi connectivity index (χ4v) is 3.55. The van der Waals surface area contributed by atoms with Crippen LogP contribution in [0.3, 0.4) is 0 Å². The predicted molar refractivity (Wildman–Crippen MR) is 101 cm³/mol. The van der Waals surface area contributed by atoms with Crippen LogP contribution in [0.5, 0.6) is 5.75 Å². The second-order valence-electron chi connectivity index (χ2n) is 5.46. The molecule has 0 saturated carbocycles. The third-order valence-electron chi connectivity index (χ3n) is 3.68. The summed E-state index contributed by atoms with van der Waals surface area (Å²) in [5, 5.41) is 2.93. The van der Waals surface area contributed by atoms with Gasteiger partial charge in [-0.1, -0.05) is 42.5 Å². The molecule has 5 heteroatoms. The molecule has 0 aliphatic heterocycles. The van der Waals surface area contributed by atoms with E-state index in [4.69, 9.17) is 9.47 Å². The zero-order valence-corrected chi connectivity index (χ0v) is 14.9. The van der Waals surface area contributed by atoms with Gasteiger partial charge in [0.1, 0.15) is 10.6 Å². The molecule has 0 unspecified atom stereocenters. The van der Waals surface area contributed by atoms with Crippen LogP contribution in [-0.2, 0) is 11.3 Å². The number of rotatable bonds is 6. The number of nitrogens with one attached hydrogen (secondary N) is 1. The Morgan fingerprint density at radius 3 is 2.56 bits per heavy atom. The van der Waals surface area contributed by atoms with Gasteiger partial charge in [0, 0.05) is 17.7 Å². The molecule has 1 N–H and O–H groups in total. The van der Waals surface area contributed by atoms with Crippen molar-refractivity contribution in [3.8, 4) is 16.2 Å². The lowest BCUT2D eigenvalue weighted by molar-refractivity contribution is 0.102. The van der Waals surface area contributed by atoms with E-state index in [1.54, 1.807) is 14.2 Å². The maximum atomic E-state index is 12.7. The molecule has 1 heterocycles. The van der Waals surface area contributed by atoms with Crippen LogP contribution in [0.2, 0.25) is 0 Å². The second kappa shape index (κ2) is 7.96. The van der Waals surface area contributed by atoms with Gasteiger partial charge in [0.05, 0.1) is 13.7 Å². The van der Waals surface area contributed by atoms with Crippen LogP contribution in [0.4, 0.5) is 5.69 Å². The van der Waals surface area contributed by atoms with Crippen LogP contribution >= 0.6 is 11.3 Å². The standard InChI is InChI=1S/C20H19NO3S/c1-23-13-14-7-6-10-16(11-14)21-20(22)19-17(24-2)12-18(25-19)15-8-4-3-5-9-15/h3-12H,13H2,1-2H3,(H,21,22). The summed E-state index contributed by atoms with van der Waals surface area (Å²) in [5.41, 5.74) is 2.80. The van der Waals surface area contributed by atoms with Crippen molar-refractivity contribution in [3.63, 3.8) is 0 Å². The van der Waals surface area contributed by atoms with Crippen molar-refractivity contribution in [1.29, 1.82) is 0 Å². The van der Waals surface area contributed by atoms with Gasteiger partial charge in [-0.15, -0.1) is 11.3 Å². The third kappa shape index (κ3) is 4.07. The highest BCUT2D eigenvalue weighted by molar-refractivity contribution is 7.17. The minimum Gasteiger partial charge on any atom is -0.495 e. The summed E-state index contributed by atoms with van der Waals surface area (Å²) in [5.74, 6) is 0.396. The van der Waals surface area contributed by atoms with Crippen molar-refractivity contribution in [1.82, 2.24) is 0 Å². The minimum atomic E-state index is -0.182. The molecular formula is C20H19NO3S. The fraction of sp³-hybridized carbons (Fsp3) is 0.150. The van der Waals surface area contributed by atoms with Crippen molar-refractivity contribution in [2.75, 3.05) is 19.5 Å². The summed E-state index contributed by atoms with van der Waals surface area (Å²) in [7, 11) is 3.22. The van der Waals surface area contributed by atoms with Gasteiger partial charge in [0.2, 0.25) is 0 Å². The lowest BCUT2D eigenvalue weighted by Gasteiger charge is -2.07. The molecule has 0 aliphatic rings. The van der Waals surface area contributed by atoms with Crippen LogP contribution in [0.15, 0.2) is 60.7 Å². The maximum Gasteiger partial charge on any atom is 0.269 e. The summed E-state index contributed by atoms with van der Waals surface area (Å²) in [6.45, 7) is 0.504. The summed E-state index contributed by atoms with van der Waals surface area (Å²) < 4.78 is 10.5. The first kappa shape index (κ1) is 17.2.